The number of anilines is 2. The van der Waals surface area contributed by atoms with Crippen molar-refractivity contribution in [3.05, 3.63) is 53.6 Å². The van der Waals surface area contributed by atoms with E-state index in [9.17, 15) is 13.0 Å². The predicted molar refractivity (Wildman–Crippen MR) is 110 cm³/mol. The van der Waals surface area contributed by atoms with Crippen LogP contribution >= 0.6 is 0 Å². The highest BCUT2D eigenvalue weighted by atomic mass is 32.2. The van der Waals surface area contributed by atoms with Crippen molar-refractivity contribution < 1.29 is 17.7 Å². The Morgan fingerprint density at radius 1 is 1.14 bits per heavy atom. The molecule has 1 fully saturated rings. The van der Waals surface area contributed by atoms with Crippen molar-refractivity contribution in [2.24, 2.45) is 0 Å². The number of morpholine rings is 1. The molecule has 0 radical (unpaired) electrons. The predicted octanol–water partition coefficient (Wildman–Crippen LogP) is 3.60. The summed E-state index contributed by atoms with van der Waals surface area (Å²) in [6.07, 6.45) is 0.821. The van der Waals surface area contributed by atoms with Crippen LogP contribution in [0.15, 0.2) is 47.4 Å². The number of benzene rings is 2. The number of hydrogen-bond acceptors (Lipinski definition) is 5. The molecule has 4 rings (SSSR count). The smallest absolute Gasteiger partial charge is 0.294 e. The Kier molecular flexibility index (Phi) is 4.85. The molecule has 2 aromatic carbocycles. The second-order valence-corrected chi connectivity index (χ2v) is 9.58. The monoisotopic (exact) mass is 402 g/mol. The zero-order valence-corrected chi connectivity index (χ0v) is 17.0. The summed E-state index contributed by atoms with van der Waals surface area (Å²) >= 11 is 0. The normalized spacial score (nSPS) is 21.7. The van der Waals surface area contributed by atoms with Gasteiger partial charge in [-0.1, -0.05) is 26.0 Å². The van der Waals surface area contributed by atoms with E-state index in [-0.39, 0.29) is 16.4 Å². The van der Waals surface area contributed by atoms with Crippen LogP contribution in [0.5, 0.6) is 0 Å². The van der Waals surface area contributed by atoms with Crippen LogP contribution in [-0.2, 0) is 20.3 Å². The number of ether oxygens (including phenoxy) is 1. The van der Waals surface area contributed by atoms with Gasteiger partial charge < -0.3 is 15.0 Å². The first-order valence-electron chi connectivity index (χ1n) is 9.55. The van der Waals surface area contributed by atoms with Gasteiger partial charge >= 0.3 is 0 Å². The van der Waals surface area contributed by atoms with Gasteiger partial charge in [0.05, 0.1) is 24.2 Å². The van der Waals surface area contributed by atoms with Crippen molar-refractivity contribution in [2.75, 3.05) is 36.5 Å². The van der Waals surface area contributed by atoms with Crippen LogP contribution in [0.2, 0.25) is 0 Å². The molecule has 6 nitrogen and oxygen atoms in total. The van der Waals surface area contributed by atoms with Crippen molar-refractivity contribution >= 4 is 21.5 Å². The maximum absolute atomic E-state index is 11.5. The summed E-state index contributed by atoms with van der Waals surface area (Å²) < 4.78 is 37.9. The van der Waals surface area contributed by atoms with Crippen molar-refractivity contribution in [2.45, 2.75) is 36.6 Å². The van der Waals surface area contributed by atoms with Crippen LogP contribution < -0.4 is 10.2 Å². The third-order valence-electron chi connectivity index (χ3n) is 5.71. The van der Waals surface area contributed by atoms with E-state index in [1.807, 2.05) is 0 Å². The molecule has 0 amide bonds. The molecule has 1 atom stereocenters. The molecular formula is C21H26N2O4S. The van der Waals surface area contributed by atoms with Gasteiger partial charge in [-0.3, -0.25) is 4.55 Å². The molecule has 7 heteroatoms. The molecule has 2 aromatic rings. The largest absolute Gasteiger partial charge is 0.378 e. The lowest BCUT2D eigenvalue weighted by molar-refractivity contribution is 0.122. The first-order chi connectivity index (χ1) is 13.2. The molecule has 1 saturated heterocycles. The van der Waals surface area contributed by atoms with E-state index >= 15 is 0 Å². The molecule has 0 aromatic heterocycles. The molecule has 2 N–H and O–H groups in total. The Balaban J connectivity index is 1.65. The van der Waals surface area contributed by atoms with Crippen LogP contribution in [0.3, 0.4) is 0 Å². The van der Waals surface area contributed by atoms with Crippen LogP contribution in [0.4, 0.5) is 11.4 Å². The summed E-state index contributed by atoms with van der Waals surface area (Å²) in [7, 11) is -4.21. The van der Waals surface area contributed by atoms with Crippen molar-refractivity contribution in [1.29, 1.82) is 0 Å². The first kappa shape index (κ1) is 19.2. The summed E-state index contributed by atoms with van der Waals surface area (Å²) in [4.78, 5) is 2.28. The maximum Gasteiger partial charge on any atom is 0.294 e. The van der Waals surface area contributed by atoms with Gasteiger partial charge in [0.15, 0.2) is 0 Å². The van der Waals surface area contributed by atoms with Gasteiger partial charge in [0.25, 0.3) is 10.1 Å². The summed E-state index contributed by atoms with van der Waals surface area (Å²) in [6.45, 7) is 7.52. The SMILES string of the molecule is CC1(C)CC(c2cccc(N3CCOCC3)c2)Nc2ccc(S(=O)(=O)O)cc21. The quantitative estimate of drug-likeness (QED) is 0.764. The molecule has 2 aliphatic heterocycles. The fraction of sp³-hybridized carbons (Fsp3) is 0.429. The topological polar surface area (TPSA) is 78.9 Å². The highest BCUT2D eigenvalue weighted by Gasteiger charge is 2.34. The van der Waals surface area contributed by atoms with Gasteiger partial charge in [-0.15, -0.1) is 0 Å². The zero-order chi connectivity index (χ0) is 19.9. The lowest BCUT2D eigenvalue weighted by atomic mass is 9.74. The average Bonchev–Trinajstić information content (AvgIpc) is 2.67. The number of fused-ring (bicyclic) bond motifs is 1. The molecule has 150 valence electrons. The van der Waals surface area contributed by atoms with Crippen molar-refractivity contribution in [3.8, 4) is 0 Å². The van der Waals surface area contributed by atoms with Crippen molar-refractivity contribution in [1.82, 2.24) is 0 Å². The molecule has 0 spiro atoms. The first-order valence-corrected chi connectivity index (χ1v) is 11.0. The minimum absolute atomic E-state index is 0.0612. The standard InChI is InChI=1S/C21H26N2O4S/c1-21(2)14-20(22-19-7-6-17(13-18(19)21)28(24,25)26)15-4-3-5-16(12-15)23-8-10-27-11-9-23/h3-7,12-13,20,22H,8-11,14H2,1-2H3,(H,24,25,26). The summed E-state index contributed by atoms with van der Waals surface area (Å²) in [5.41, 5.74) is 3.99. The highest BCUT2D eigenvalue weighted by molar-refractivity contribution is 7.85. The number of nitrogens with one attached hydrogen (secondary N) is 1. The maximum atomic E-state index is 11.5. The fourth-order valence-electron chi connectivity index (χ4n) is 4.19. The van der Waals surface area contributed by atoms with Crippen LogP contribution in [0.1, 0.15) is 37.4 Å². The number of rotatable bonds is 3. The zero-order valence-electron chi connectivity index (χ0n) is 16.2. The van der Waals surface area contributed by atoms with Gasteiger partial charge in [0, 0.05) is 24.5 Å². The Morgan fingerprint density at radius 3 is 2.61 bits per heavy atom. The van der Waals surface area contributed by atoms with E-state index in [0.717, 1.165) is 44.0 Å². The van der Waals surface area contributed by atoms with Gasteiger partial charge in [-0.2, -0.15) is 8.42 Å². The highest BCUT2D eigenvalue weighted by Crippen LogP contribution is 2.45. The lowest BCUT2D eigenvalue weighted by Gasteiger charge is -2.39. The molecule has 0 saturated carbocycles. The molecule has 28 heavy (non-hydrogen) atoms. The fourth-order valence-corrected chi connectivity index (χ4v) is 4.70. The van der Waals surface area contributed by atoms with E-state index in [4.69, 9.17) is 4.74 Å². The average molecular weight is 403 g/mol. The molecule has 2 aliphatic rings. The Hall–Kier alpha value is -2.09. The van der Waals surface area contributed by atoms with E-state index < -0.39 is 10.1 Å². The Morgan fingerprint density at radius 2 is 1.89 bits per heavy atom. The van der Waals surface area contributed by atoms with Gasteiger partial charge in [0.2, 0.25) is 0 Å². The molecule has 0 bridgehead atoms. The summed E-state index contributed by atoms with van der Waals surface area (Å²) in [6, 6.07) is 13.5. The van der Waals surface area contributed by atoms with Crippen LogP contribution in [-0.4, -0.2) is 39.3 Å². The molecule has 2 heterocycles. The molecule has 1 unspecified atom stereocenters. The van der Waals surface area contributed by atoms with Crippen molar-refractivity contribution in [3.63, 3.8) is 0 Å². The second kappa shape index (κ2) is 7.06. The van der Waals surface area contributed by atoms with E-state index in [1.54, 1.807) is 12.1 Å². The molecular weight excluding hydrogens is 376 g/mol. The Labute approximate surface area is 166 Å². The molecule has 0 aliphatic carbocycles. The van der Waals surface area contributed by atoms with E-state index in [1.165, 1.54) is 17.3 Å². The van der Waals surface area contributed by atoms with E-state index in [0.29, 0.717) is 0 Å². The minimum Gasteiger partial charge on any atom is -0.378 e. The summed E-state index contributed by atoms with van der Waals surface area (Å²) in [5.74, 6) is 0. The van der Waals surface area contributed by atoms with E-state index in [2.05, 4.69) is 48.3 Å². The van der Waals surface area contributed by atoms with Gasteiger partial charge in [-0.05, 0) is 53.3 Å². The van der Waals surface area contributed by atoms with Gasteiger partial charge in [0.1, 0.15) is 0 Å². The van der Waals surface area contributed by atoms with Gasteiger partial charge in [-0.25, -0.2) is 0 Å². The Bertz CT molecular complexity index is 982. The van der Waals surface area contributed by atoms with Crippen LogP contribution in [0, 0.1) is 0 Å². The minimum atomic E-state index is -4.21. The number of hydrogen-bond donors (Lipinski definition) is 2. The third-order valence-corrected chi connectivity index (χ3v) is 6.56. The summed E-state index contributed by atoms with van der Waals surface area (Å²) in [5, 5.41) is 3.56. The third kappa shape index (κ3) is 3.74. The second-order valence-electron chi connectivity index (χ2n) is 8.16. The number of nitrogens with zero attached hydrogens (tertiary/aromatic N) is 1. The lowest BCUT2D eigenvalue weighted by Crippen LogP contribution is -2.36. The van der Waals surface area contributed by atoms with Crippen LogP contribution in [0.25, 0.3) is 0 Å².